The van der Waals surface area contributed by atoms with E-state index >= 15 is 0 Å². The van der Waals surface area contributed by atoms with Gasteiger partial charge in [0.15, 0.2) is 30.9 Å². The summed E-state index contributed by atoms with van der Waals surface area (Å²) in [5, 5.41) is 74.9. The molecule has 2 amide bonds. The van der Waals surface area contributed by atoms with Crippen molar-refractivity contribution < 1.29 is 83.3 Å². The van der Waals surface area contributed by atoms with Crippen molar-refractivity contribution in [3.63, 3.8) is 0 Å². The third-order valence-corrected chi connectivity index (χ3v) is 11.4. The molecule has 5 aliphatic heterocycles. The first-order valence-electron chi connectivity index (χ1n) is 19.7. The highest BCUT2D eigenvalue weighted by Crippen LogP contribution is 2.35. The Kier molecular flexibility index (Phi) is 18.7. The SMILES string of the molecule is CO[C@@H]1[C@H](O[C@@H]2CO[C@@H](O[C@@H]3[C@@H](O)[C@H](O)CO[C@@H]3N3C(=O)/C(=C(O)/C=C/C=C/C=C/C=C/C=C(Cl)/C=C/C=C(\Cl)[C@H]4O[C@H](C)C[C@@H]4Cl)C(=O)[C@@H]3CC(N)=O)[C@@H](O)[C@H]2O)O[C@H](O)[C@H]1O. The molecule has 0 aromatic rings. The monoisotopic (exact) mass is 948 g/mol. The van der Waals surface area contributed by atoms with Crippen LogP contribution in [0.5, 0.6) is 0 Å². The van der Waals surface area contributed by atoms with E-state index in [9.17, 15) is 50.1 Å². The van der Waals surface area contributed by atoms with E-state index < -0.39 is 129 Å². The van der Waals surface area contributed by atoms with Crippen molar-refractivity contribution in [3.05, 3.63) is 94.3 Å². The molecule has 0 aromatic carbocycles. The van der Waals surface area contributed by atoms with Crippen LogP contribution in [0.25, 0.3) is 0 Å². The van der Waals surface area contributed by atoms with E-state index in [1.54, 1.807) is 54.7 Å². The van der Waals surface area contributed by atoms with Crippen molar-refractivity contribution in [1.82, 2.24) is 4.90 Å². The van der Waals surface area contributed by atoms with Crippen molar-refractivity contribution in [1.29, 1.82) is 0 Å². The molecule has 0 aromatic heterocycles. The smallest absolute Gasteiger partial charge is 0.264 e. The minimum absolute atomic E-state index is 0.0256. The molecule has 16 atom stereocenters. The average Bonchev–Trinajstić information content (AvgIpc) is 3.81. The quantitative estimate of drug-likeness (QED) is 0.0338. The molecule has 19 nitrogen and oxygen atoms in total. The maximum absolute atomic E-state index is 13.9. The summed E-state index contributed by atoms with van der Waals surface area (Å²) < 4.78 is 38.6. The lowest BCUT2D eigenvalue weighted by Crippen LogP contribution is -2.65. The highest BCUT2D eigenvalue weighted by Gasteiger charge is 2.56. The Hall–Kier alpha value is -3.32. The van der Waals surface area contributed by atoms with Gasteiger partial charge in [0.25, 0.3) is 5.91 Å². The van der Waals surface area contributed by atoms with Gasteiger partial charge in [0.05, 0.1) is 31.1 Å². The van der Waals surface area contributed by atoms with Gasteiger partial charge in [-0.25, -0.2) is 0 Å². The van der Waals surface area contributed by atoms with Gasteiger partial charge in [-0.05, 0) is 37.6 Å². The van der Waals surface area contributed by atoms with Gasteiger partial charge < -0.3 is 74.6 Å². The molecule has 9 N–H and O–H groups in total. The van der Waals surface area contributed by atoms with Crippen LogP contribution in [-0.4, -0.2) is 176 Å². The lowest BCUT2D eigenvalue weighted by Gasteiger charge is -2.46. The number of methoxy groups -OCH3 is 1. The second kappa shape index (κ2) is 23.2. The van der Waals surface area contributed by atoms with Gasteiger partial charge in [-0.1, -0.05) is 71.8 Å². The fourth-order valence-electron chi connectivity index (χ4n) is 7.21. The summed E-state index contributed by atoms with van der Waals surface area (Å²) in [5.41, 5.74) is 4.68. The first-order valence-corrected chi connectivity index (χ1v) is 20.9. The number of carbonyl (C=O) groups is 3. The Balaban J connectivity index is 1.22. The van der Waals surface area contributed by atoms with Crippen LogP contribution in [0.1, 0.15) is 19.8 Å². The number of allylic oxidation sites excluding steroid dienone is 13. The van der Waals surface area contributed by atoms with Crippen LogP contribution in [0.15, 0.2) is 94.3 Å². The number of ketones is 1. The Bertz CT molecular complexity index is 1890. The number of rotatable bonds is 16. The van der Waals surface area contributed by atoms with Crippen molar-refractivity contribution >= 4 is 52.4 Å². The summed E-state index contributed by atoms with van der Waals surface area (Å²) in [6.07, 6.45) is -1.06. The number of aliphatic hydroxyl groups is 7. The van der Waals surface area contributed by atoms with E-state index in [1.165, 1.54) is 19.3 Å². The van der Waals surface area contributed by atoms with E-state index in [4.69, 9.17) is 73.7 Å². The number of likely N-dealkylation sites (tertiary alicyclic amines) is 1. The van der Waals surface area contributed by atoms with E-state index in [0.717, 1.165) is 11.0 Å². The summed E-state index contributed by atoms with van der Waals surface area (Å²) in [6.45, 7) is 0.850. The number of ether oxygens (including phenoxy) is 7. The van der Waals surface area contributed by atoms with Gasteiger partial charge in [-0.3, -0.25) is 19.3 Å². The van der Waals surface area contributed by atoms with Gasteiger partial charge in [-0.15, -0.1) is 11.6 Å². The largest absolute Gasteiger partial charge is 0.507 e. The van der Waals surface area contributed by atoms with E-state index in [0.29, 0.717) is 16.5 Å². The summed E-state index contributed by atoms with van der Waals surface area (Å²) >= 11 is 18.8. The second-order valence-electron chi connectivity index (χ2n) is 14.9. The average molecular weight is 950 g/mol. The minimum Gasteiger partial charge on any atom is -0.507 e. The zero-order valence-electron chi connectivity index (χ0n) is 33.9. The van der Waals surface area contributed by atoms with Gasteiger partial charge >= 0.3 is 0 Å². The number of aliphatic hydroxyl groups excluding tert-OH is 7. The van der Waals surface area contributed by atoms with Gasteiger partial charge in [0, 0.05) is 17.2 Å². The predicted molar refractivity (Wildman–Crippen MR) is 222 cm³/mol. The standard InChI is InChI=1S/C41H51Cl3N2O17/c1-19-15-22(44)34(60-19)21(43)13-10-12-20(42)11-8-6-4-3-5-7-9-14-24(47)28-29(50)23(16-27(45)49)46(37(28)55)38-35(30(51)25(48)17-58-38)62-40-32(53)31(52)26(18-59-40)61-41-36(57-2)33(54)39(56)63-41/h3-14,19,22-23,25-26,30-36,38-41,47-48,51-54,56H,15-18H2,1-2H3,(H2,45,49)/b4-3+,7-5+,8-6+,12-10+,14-9+,20-11-,21-13-,28-24-/t19-,22+,23+,25-,26-,30+,31+,32+,33+,34-,35-,36+,38+,39+,40+,41-/m1/s1. The van der Waals surface area contributed by atoms with Crippen molar-refractivity contribution in [2.75, 3.05) is 20.3 Å². The molecule has 348 valence electrons. The lowest BCUT2D eigenvalue weighted by molar-refractivity contribution is -0.340. The van der Waals surface area contributed by atoms with Crippen LogP contribution in [0.3, 0.4) is 0 Å². The molecule has 5 saturated heterocycles. The maximum Gasteiger partial charge on any atom is 0.264 e. The molecule has 5 fully saturated rings. The number of Topliss-reactive ketones (excluding diaryl/α,β-unsaturated/α-hetero) is 1. The first kappa shape index (κ1) is 50.7. The zero-order chi connectivity index (χ0) is 46.1. The van der Waals surface area contributed by atoms with Crippen molar-refractivity contribution in [2.24, 2.45) is 5.73 Å². The minimum atomic E-state index is -1.92. The summed E-state index contributed by atoms with van der Waals surface area (Å²) in [6, 6.07) is -1.66. The van der Waals surface area contributed by atoms with Gasteiger partial charge in [-0.2, -0.15) is 0 Å². The highest BCUT2D eigenvalue weighted by molar-refractivity contribution is 6.32. The van der Waals surface area contributed by atoms with Gasteiger partial charge in [0.2, 0.25) is 5.91 Å². The van der Waals surface area contributed by atoms with Crippen LogP contribution < -0.4 is 5.73 Å². The molecule has 5 aliphatic rings. The number of halogens is 3. The van der Waals surface area contributed by atoms with Crippen LogP contribution >= 0.6 is 34.8 Å². The Morgan fingerprint density at radius 3 is 2.16 bits per heavy atom. The molecule has 5 rings (SSSR count). The molecular formula is C41H51Cl3N2O17. The number of amides is 2. The van der Waals surface area contributed by atoms with E-state index in [2.05, 4.69) is 0 Å². The maximum atomic E-state index is 13.9. The fourth-order valence-corrected chi connectivity index (χ4v) is 8.14. The number of nitrogens with two attached hydrogens (primary N) is 1. The molecule has 22 heteroatoms. The number of alkyl halides is 1. The number of hydrogen-bond acceptors (Lipinski definition) is 17. The lowest BCUT2D eigenvalue weighted by atomic mass is 10.0. The van der Waals surface area contributed by atoms with Crippen LogP contribution in [0.4, 0.5) is 0 Å². The fraction of sp³-hybridized carbons (Fsp3) is 0.537. The number of carbonyl (C=O) groups excluding carboxylic acids is 3. The van der Waals surface area contributed by atoms with Crippen LogP contribution in [0, 0.1) is 0 Å². The Labute approximate surface area is 377 Å². The summed E-state index contributed by atoms with van der Waals surface area (Å²) in [7, 11) is 1.22. The van der Waals surface area contributed by atoms with Crippen molar-refractivity contribution in [2.45, 2.75) is 117 Å². The molecule has 0 saturated carbocycles. The molecule has 63 heavy (non-hydrogen) atoms. The third kappa shape index (κ3) is 12.5. The summed E-state index contributed by atoms with van der Waals surface area (Å²) in [4.78, 5) is 40.4. The normalized spacial score (nSPS) is 39.4. The van der Waals surface area contributed by atoms with Crippen LogP contribution in [0.2, 0.25) is 0 Å². The predicted octanol–water partition coefficient (Wildman–Crippen LogP) is 0.242. The summed E-state index contributed by atoms with van der Waals surface area (Å²) in [5.74, 6) is -3.94. The van der Waals surface area contributed by atoms with Crippen LogP contribution in [-0.2, 0) is 47.5 Å². The zero-order valence-corrected chi connectivity index (χ0v) is 36.1. The molecular weight excluding hydrogens is 899 g/mol. The Morgan fingerprint density at radius 2 is 1.51 bits per heavy atom. The second-order valence-corrected chi connectivity index (χ2v) is 16.4. The molecule has 5 heterocycles. The molecule has 0 bridgehead atoms. The molecule has 0 aliphatic carbocycles. The first-order chi connectivity index (χ1) is 29.9. The third-order valence-electron chi connectivity index (χ3n) is 10.4. The number of primary amides is 1. The number of hydrogen-bond donors (Lipinski definition) is 8. The van der Waals surface area contributed by atoms with Crippen molar-refractivity contribution in [3.8, 4) is 0 Å². The molecule has 0 unspecified atom stereocenters. The topological polar surface area (TPSA) is 287 Å². The van der Waals surface area contributed by atoms with E-state index in [-0.39, 0.29) is 17.6 Å². The van der Waals surface area contributed by atoms with E-state index in [1.807, 2.05) is 6.92 Å². The highest BCUT2D eigenvalue weighted by atomic mass is 35.5. The number of nitrogens with zero attached hydrogens (tertiary/aromatic N) is 1. The van der Waals surface area contributed by atoms with Gasteiger partial charge in [0.1, 0.15) is 72.3 Å². The molecule has 0 spiro atoms. The Morgan fingerprint density at radius 1 is 0.825 bits per heavy atom. The molecule has 0 radical (unpaired) electrons.